The number of ether oxygens (including phenoxy) is 1. The lowest BCUT2D eigenvalue weighted by Gasteiger charge is -2.38. The number of likely N-dealkylation sites (tertiary alicyclic amines) is 1. The van der Waals surface area contributed by atoms with Gasteiger partial charge in [0.25, 0.3) is 5.91 Å². The van der Waals surface area contributed by atoms with Crippen LogP contribution in [0.3, 0.4) is 0 Å². The smallest absolute Gasteiger partial charge is 0.269 e. The average molecular weight is 858 g/mol. The molecule has 62 heavy (non-hydrogen) atoms. The topological polar surface area (TPSA) is 148 Å². The summed E-state index contributed by atoms with van der Waals surface area (Å²) in [7, 11) is 4.52. The maximum Gasteiger partial charge on any atom is 0.269 e. The third-order valence-electron chi connectivity index (χ3n) is 12.0. The van der Waals surface area contributed by atoms with Gasteiger partial charge in [-0.2, -0.15) is 5.10 Å². The number of anilines is 3. The molecule has 8 rings (SSSR count). The summed E-state index contributed by atoms with van der Waals surface area (Å²) in [6.07, 6.45) is 5.17. The van der Waals surface area contributed by atoms with Crippen LogP contribution in [-0.2, 0) is 20.9 Å². The Labute approximate surface area is 354 Å². The van der Waals surface area contributed by atoms with Crippen molar-refractivity contribution in [2.45, 2.75) is 50.6 Å². The highest BCUT2D eigenvalue weighted by Crippen LogP contribution is 2.41. The van der Waals surface area contributed by atoms with Crippen LogP contribution in [0.1, 0.15) is 54.1 Å². The average Bonchev–Trinajstić information content (AvgIpc) is 3.97. The molecule has 3 aliphatic rings. The number of rotatable bonds is 11. The summed E-state index contributed by atoms with van der Waals surface area (Å²) in [5.74, 6) is -5.06. The number of nitrogens with one attached hydrogen (secondary N) is 3. The second-order valence-corrected chi connectivity index (χ2v) is 16.1. The first-order chi connectivity index (χ1) is 29.8. The fourth-order valence-electron chi connectivity index (χ4n) is 8.68. The first kappa shape index (κ1) is 42.1. The van der Waals surface area contributed by atoms with Crippen molar-refractivity contribution in [1.29, 1.82) is 0 Å². The Kier molecular flexibility index (Phi) is 11.8. The van der Waals surface area contributed by atoms with Crippen LogP contribution in [0.4, 0.5) is 34.6 Å². The quantitative estimate of drug-likeness (QED) is 0.114. The van der Waals surface area contributed by atoms with E-state index in [0.29, 0.717) is 25.9 Å². The molecule has 3 saturated heterocycles. The number of aromatic amines is 1. The van der Waals surface area contributed by atoms with E-state index in [4.69, 9.17) is 4.74 Å². The molecule has 2 atom stereocenters. The van der Waals surface area contributed by atoms with Gasteiger partial charge < -0.3 is 34.6 Å². The number of carbonyl (C=O) groups excluding carboxylic acids is 4. The monoisotopic (exact) mass is 857 g/mol. The Morgan fingerprint density at radius 1 is 0.919 bits per heavy atom. The van der Waals surface area contributed by atoms with Crippen LogP contribution in [0.5, 0.6) is 5.75 Å². The molecule has 0 bridgehead atoms. The second kappa shape index (κ2) is 17.4. The highest BCUT2D eigenvalue weighted by molar-refractivity contribution is 6.04. The van der Waals surface area contributed by atoms with Gasteiger partial charge in [-0.3, -0.25) is 29.2 Å². The van der Waals surface area contributed by atoms with E-state index in [1.165, 1.54) is 48.4 Å². The number of aromatic nitrogens is 3. The molecule has 2 aromatic heterocycles. The van der Waals surface area contributed by atoms with E-state index in [2.05, 4.69) is 20.7 Å². The van der Waals surface area contributed by atoms with E-state index in [0.717, 1.165) is 0 Å². The zero-order chi connectivity index (χ0) is 43.8. The first-order valence-electron chi connectivity index (χ1n) is 20.6. The molecule has 0 spiro atoms. The molecule has 3 aliphatic heterocycles. The molecular weight excluding hydrogens is 811 g/mol. The number of methoxy groups -OCH3 is 1. The van der Waals surface area contributed by atoms with Gasteiger partial charge in [0.15, 0.2) is 17.5 Å². The fourth-order valence-corrected chi connectivity index (χ4v) is 8.68. The summed E-state index contributed by atoms with van der Waals surface area (Å²) >= 11 is 0. The maximum absolute atomic E-state index is 16.6. The lowest BCUT2D eigenvalue weighted by molar-refractivity contribution is -0.134. The van der Waals surface area contributed by atoms with Gasteiger partial charge in [0.1, 0.15) is 23.3 Å². The molecule has 0 saturated carbocycles. The van der Waals surface area contributed by atoms with Crippen LogP contribution in [0.15, 0.2) is 54.9 Å². The van der Waals surface area contributed by atoms with Crippen molar-refractivity contribution in [2.24, 2.45) is 0 Å². The van der Waals surface area contributed by atoms with Crippen molar-refractivity contribution < 1.29 is 41.5 Å². The van der Waals surface area contributed by atoms with E-state index in [1.54, 1.807) is 51.9 Å². The van der Waals surface area contributed by atoms with Crippen LogP contribution in [0, 0.1) is 23.3 Å². The molecule has 1 unspecified atom stereocenters. The van der Waals surface area contributed by atoms with E-state index in [1.807, 2.05) is 0 Å². The number of H-pyrrole nitrogens is 1. The predicted molar refractivity (Wildman–Crippen MR) is 224 cm³/mol. The lowest BCUT2D eigenvalue weighted by Crippen LogP contribution is -2.47. The number of nitrogens with zero attached hydrogens (tertiary/aromatic N) is 6. The van der Waals surface area contributed by atoms with Gasteiger partial charge in [0.2, 0.25) is 17.7 Å². The molecule has 5 heterocycles. The van der Waals surface area contributed by atoms with Crippen LogP contribution in [0.2, 0.25) is 0 Å². The van der Waals surface area contributed by atoms with Crippen molar-refractivity contribution in [3.63, 3.8) is 0 Å². The minimum absolute atomic E-state index is 0.000379. The van der Waals surface area contributed by atoms with E-state index in [9.17, 15) is 19.2 Å². The highest BCUT2D eigenvalue weighted by Gasteiger charge is 2.32. The number of aryl methyl sites for hydroxylation is 1. The number of benzene rings is 3. The number of hydrogen-bond acceptors (Lipinski definition) is 9. The molecule has 3 fully saturated rings. The first-order valence-corrected chi connectivity index (χ1v) is 20.6. The summed E-state index contributed by atoms with van der Waals surface area (Å²) in [5, 5.41) is 9.59. The largest absolute Gasteiger partial charge is 0.495 e. The van der Waals surface area contributed by atoms with Gasteiger partial charge in [-0.1, -0.05) is 0 Å². The van der Waals surface area contributed by atoms with Crippen LogP contribution < -0.4 is 25.2 Å². The molecule has 5 aromatic rings. The Bertz CT molecular complexity index is 2540. The van der Waals surface area contributed by atoms with Crippen LogP contribution in [0.25, 0.3) is 22.0 Å². The van der Waals surface area contributed by atoms with Gasteiger partial charge in [-0.15, -0.1) is 0 Å². The number of fused-ring (bicyclic) bond motifs is 1. The molecule has 0 aliphatic carbocycles. The standard InChI is InChI=1S/C44H47F4N9O5/c1-53(2)44(61)33-21-29-28(20-27(40(47)42(29)51-33)25-6-4-13-56(24-25)38(59)11-15-57-14-5-12-49-57)26-7-9-34(41(48)39(26)46)54-16-18-55(19-17-54)35-23-36(62-3)32(22-30(35)45)50-31-8-10-37(58)52-43(31)60/h5,7,9,12,14,20-23,25,31,50-51H,4,6,8,10-11,13,15-19,24H2,1-3H3,(H,52,58,60)/t25-,31?/m1/s1. The molecule has 3 N–H and O–H groups in total. The predicted octanol–water partition coefficient (Wildman–Crippen LogP) is 5.64. The highest BCUT2D eigenvalue weighted by atomic mass is 19.2. The van der Waals surface area contributed by atoms with Crippen molar-refractivity contribution >= 4 is 51.6 Å². The summed E-state index contributed by atoms with van der Waals surface area (Å²) in [4.78, 5) is 59.6. The molecule has 4 amide bonds. The molecule has 14 nitrogen and oxygen atoms in total. The van der Waals surface area contributed by atoms with Gasteiger partial charge >= 0.3 is 0 Å². The van der Waals surface area contributed by atoms with Crippen LogP contribution in [-0.4, -0.2) is 115 Å². The Balaban J connectivity index is 1.04. The number of piperazine rings is 1. The lowest BCUT2D eigenvalue weighted by atomic mass is 9.86. The third kappa shape index (κ3) is 8.24. The summed E-state index contributed by atoms with van der Waals surface area (Å²) in [6, 6.07) is 9.65. The molecular formula is C44H47F4N9O5. The number of piperidine rings is 2. The number of halogens is 4. The van der Waals surface area contributed by atoms with Crippen molar-refractivity contribution in [2.75, 3.05) is 75.6 Å². The van der Waals surface area contributed by atoms with Gasteiger partial charge in [-0.25, -0.2) is 17.6 Å². The van der Waals surface area contributed by atoms with E-state index < -0.39 is 47.0 Å². The SMILES string of the molecule is COc1cc(N2CCN(c3ccc(-c4cc([C@@H]5CCCN(C(=O)CCn6cccn6)C5)c(F)c5[nH]c(C(=O)N(C)C)cc45)c(F)c3F)CC2)c(F)cc1NC1CCC(=O)NC1=O. The van der Waals surface area contributed by atoms with Crippen molar-refractivity contribution in [3.8, 4) is 16.9 Å². The Hall–Kier alpha value is -6.59. The maximum atomic E-state index is 16.6. The minimum Gasteiger partial charge on any atom is -0.495 e. The Morgan fingerprint density at radius 2 is 1.68 bits per heavy atom. The molecule has 0 radical (unpaired) electrons. The summed E-state index contributed by atoms with van der Waals surface area (Å²) < 4.78 is 72.3. The zero-order valence-electron chi connectivity index (χ0n) is 34.6. The summed E-state index contributed by atoms with van der Waals surface area (Å²) in [5.41, 5.74) is 0.832. The number of hydrogen-bond donors (Lipinski definition) is 3. The van der Waals surface area contributed by atoms with Gasteiger partial charge in [0, 0.05) is 114 Å². The molecule has 18 heteroatoms. The van der Waals surface area contributed by atoms with Crippen molar-refractivity contribution in [1.82, 2.24) is 29.9 Å². The second-order valence-electron chi connectivity index (χ2n) is 16.1. The normalized spacial score (nSPS) is 18.3. The third-order valence-corrected chi connectivity index (χ3v) is 12.0. The van der Waals surface area contributed by atoms with Gasteiger partial charge in [-0.05, 0) is 60.7 Å². The number of imide groups is 1. The van der Waals surface area contributed by atoms with Gasteiger partial charge in [0.05, 0.1) is 29.7 Å². The number of amides is 4. The summed E-state index contributed by atoms with van der Waals surface area (Å²) in [6.45, 7) is 2.06. The molecule has 326 valence electrons. The Morgan fingerprint density at radius 3 is 2.37 bits per heavy atom. The van der Waals surface area contributed by atoms with Crippen LogP contribution >= 0.6 is 0 Å². The fraction of sp³-hybridized carbons (Fsp3) is 0.386. The van der Waals surface area contributed by atoms with Crippen molar-refractivity contribution in [3.05, 3.63) is 89.4 Å². The van der Waals surface area contributed by atoms with E-state index >= 15 is 17.6 Å². The minimum atomic E-state index is -1.15. The molecule has 3 aromatic carbocycles. The zero-order valence-corrected chi connectivity index (χ0v) is 34.6. The van der Waals surface area contributed by atoms with E-state index in [-0.39, 0.29) is 120 Å². The number of carbonyl (C=O) groups is 4.